The van der Waals surface area contributed by atoms with Crippen LogP contribution >= 0.6 is 0 Å². The first-order chi connectivity index (χ1) is 15.5. The average molecular weight is 440 g/mol. The lowest BCUT2D eigenvalue weighted by atomic mass is 10.1. The molecule has 1 aromatic carbocycles. The van der Waals surface area contributed by atoms with Gasteiger partial charge in [0.25, 0.3) is 0 Å². The second-order valence-electron chi connectivity index (χ2n) is 8.77. The Hall–Kier alpha value is -2.87. The van der Waals surface area contributed by atoms with Gasteiger partial charge in [0.1, 0.15) is 6.10 Å². The van der Waals surface area contributed by atoms with Crippen LogP contribution in [-0.4, -0.2) is 77.3 Å². The van der Waals surface area contributed by atoms with Crippen LogP contribution in [0.1, 0.15) is 32.3 Å². The van der Waals surface area contributed by atoms with Crippen molar-refractivity contribution in [2.45, 2.75) is 51.4 Å². The number of anilines is 1. The van der Waals surface area contributed by atoms with E-state index >= 15 is 0 Å². The molecule has 32 heavy (non-hydrogen) atoms. The Balaban J connectivity index is 1.28. The largest absolute Gasteiger partial charge is 0.480 e. The van der Waals surface area contributed by atoms with E-state index in [0.29, 0.717) is 19.0 Å². The molecule has 172 valence electrons. The van der Waals surface area contributed by atoms with Crippen molar-refractivity contribution in [3.8, 4) is 5.88 Å². The predicted octanol–water partition coefficient (Wildman–Crippen LogP) is 3.19. The van der Waals surface area contributed by atoms with E-state index in [9.17, 15) is 4.79 Å². The average Bonchev–Trinajstić information content (AvgIpc) is 2.82. The number of piperazine rings is 1. The molecule has 0 saturated carbocycles. The fourth-order valence-corrected chi connectivity index (χ4v) is 4.51. The van der Waals surface area contributed by atoms with Gasteiger partial charge in [0.05, 0.1) is 19.5 Å². The Morgan fingerprint density at radius 1 is 1.06 bits per heavy atom. The molecule has 2 saturated heterocycles. The van der Waals surface area contributed by atoms with Crippen molar-refractivity contribution in [3.05, 3.63) is 48.3 Å². The van der Waals surface area contributed by atoms with Crippen LogP contribution < -0.4 is 9.64 Å². The molecule has 2 fully saturated rings. The minimum atomic E-state index is -0.206. The number of aromatic nitrogens is 2. The molecule has 2 aliphatic heterocycles. The first-order valence-electron chi connectivity index (χ1n) is 11.4. The number of amides is 1. The summed E-state index contributed by atoms with van der Waals surface area (Å²) in [5.41, 5.74) is 1.32. The summed E-state index contributed by atoms with van der Waals surface area (Å²) in [6, 6.07) is 10.6. The molecule has 1 amide bonds. The van der Waals surface area contributed by atoms with Crippen LogP contribution in [0.15, 0.2) is 42.7 Å². The molecular weight excluding hydrogens is 406 g/mol. The van der Waals surface area contributed by atoms with Gasteiger partial charge in [-0.15, -0.1) is 0 Å². The van der Waals surface area contributed by atoms with Gasteiger partial charge >= 0.3 is 6.09 Å². The summed E-state index contributed by atoms with van der Waals surface area (Å²) < 4.78 is 11.1. The molecule has 0 N–H and O–H groups in total. The molecule has 1 aromatic heterocycles. The number of nitrogens with zero attached hydrogens (tertiary/aromatic N) is 5. The van der Waals surface area contributed by atoms with Crippen LogP contribution in [0.2, 0.25) is 0 Å². The van der Waals surface area contributed by atoms with E-state index < -0.39 is 0 Å². The zero-order valence-electron chi connectivity index (χ0n) is 19.2. The molecule has 2 atom stereocenters. The van der Waals surface area contributed by atoms with Gasteiger partial charge in [-0.25, -0.2) is 4.79 Å². The van der Waals surface area contributed by atoms with Gasteiger partial charge in [0, 0.05) is 44.8 Å². The predicted molar refractivity (Wildman–Crippen MR) is 123 cm³/mol. The van der Waals surface area contributed by atoms with Crippen LogP contribution in [0.4, 0.5) is 10.6 Å². The summed E-state index contributed by atoms with van der Waals surface area (Å²) in [7, 11) is 1.58. The van der Waals surface area contributed by atoms with Gasteiger partial charge in [-0.1, -0.05) is 30.3 Å². The number of ether oxygens (including phenoxy) is 2. The van der Waals surface area contributed by atoms with Crippen molar-refractivity contribution >= 4 is 11.9 Å². The number of rotatable bonds is 5. The highest BCUT2D eigenvalue weighted by Gasteiger charge is 2.35. The van der Waals surface area contributed by atoms with Gasteiger partial charge in [0.2, 0.25) is 5.88 Å². The van der Waals surface area contributed by atoms with E-state index in [-0.39, 0.29) is 24.3 Å². The summed E-state index contributed by atoms with van der Waals surface area (Å²) in [5.74, 6) is 1.25. The second kappa shape index (κ2) is 10.2. The lowest BCUT2D eigenvalue weighted by Gasteiger charge is -2.44. The van der Waals surface area contributed by atoms with Crippen LogP contribution in [-0.2, 0) is 11.3 Å². The number of methoxy groups -OCH3 is 1. The summed E-state index contributed by atoms with van der Waals surface area (Å²) in [5, 5.41) is 0. The monoisotopic (exact) mass is 439 g/mol. The maximum atomic E-state index is 13.0. The Kier molecular flexibility index (Phi) is 7.09. The molecule has 3 heterocycles. The molecule has 0 aliphatic carbocycles. The van der Waals surface area contributed by atoms with E-state index in [1.54, 1.807) is 19.5 Å². The number of likely N-dealkylation sites (tertiary alicyclic amines) is 1. The second-order valence-corrected chi connectivity index (χ2v) is 8.77. The minimum absolute atomic E-state index is 0.0145. The summed E-state index contributed by atoms with van der Waals surface area (Å²) >= 11 is 0. The van der Waals surface area contributed by atoms with Crippen LogP contribution in [0, 0.1) is 0 Å². The zero-order chi connectivity index (χ0) is 22.5. The van der Waals surface area contributed by atoms with Crippen molar-refractivity contribution in [1.82, 2.24) is 19.8 Å². The molecule has 4 rings (SSSR count). The van der Waals surface area contributed by atoms with E-state index in [0.717, 1.165) is 38.3 Å². The number of benzene rings is 1. The molecule has 2 aromatic rings. The highest BCUT2D eigenvalue weighted by atomic mass is 16.6. The van der Waals surface area contributed by atoms with Crippen molar-refractivity contribution in [3.63, 3.8) is 0 Å². The Labute approximate surface area is 190 Å². The number of carbonyl (C=O) groups excluding carboxylic acids is 1. The minimum Gasteiger partial charge on any atom is -0.480 e. The fraction of sp³-hybridized carbons (Fsp3) is 0.542. The molecular formula is C24H33N5O3. The molecule has 0 unspecified atom stereocenters. The number of piperidine rings is 1. The lowest BCUT2D eigenvalue weighted by molar-refractivity contribution is 0.0166. The molecule has 0 spiro atoms. The standard InChI is InChI=1S/C24H33N5O3/c1-18-16-29(19(2)15-28(18)22-13-25-14-23(26-22)31-3)24(30)32-21-9-11-27(12-10-21)17-20-7-5-4-6-8-20/h4-8,13-14,18-19,21H,9-12,15-17H2,1-3H3/t18-,19+/m0/s1. The molecule has 8 nitrogen and oxygen atoms in total. The van der Waals surface area contributed by atoms with Crippen molar-refractivity contribution in [1.29, 1.82) is 0 Å². The zero-order valence-corrected chi connectivity index (χ0v) is 19.2. The molecule has 0 bridgehead atoms. The molecule has 0 radical (unpaired) electrons. The third kappa shape index (κ3) is 5.30. The number of carbonyl (C=O) groups is 1. The Morgan fingerprint density at radius 3 is 2.53 bits per heavy atom. The van der Waals surface area contributed by atoms with Crippen LogP contribution in [0.25, 0.3) is 0 Å². The third-order valence-electron chi connectivity index (χ3n) is 6.37. The van der Waals surface area contributed by atoms with Crippen molar-refractivity contribution in [2.24, 2.45) is 0 Å². The van der Waals surface area contributed by atoms with Gasteiger partial charge in [-0.2, -0.15) is 4.98 Å². The van der Waals surface area contributed by atoms with E-state index in [1.807, 2.05) is 11.0 Å². The SMILES string of the molecule is COc1cncc(N2C[C@@H](C)N(C(=O)OC3CCN(Cc4ccccc4)CC3)C[C@@H]2C)n1. The highest BCUT2D eigenvalue weighted by Crippen LogP contribution is 2.24. The van der Waals surface area contributed by atoms with Crippen LogP contribution in [0.5, 0.6) is 5.88 Å². The first-order valence-corrected chi connectivity index (χ1v) is 11.4. The van der Waals surface area contributed by atoms with Gasteiger partial charge in [-0.05, 0) is 32.3 Å². The molecule has 8 heteroatoms. The normalized spacial score (nSPS) is 22.6. The van der Waals surface area contributed by atoms with Gasteiger partial charge < -0.3 is 19.3 Å². The summed E-state index contributed by atoms with van der Waals surface area (Å²) in [4.78, 5) is 28.1. The quantitative estimate of drug-likeness (QED) is 0.709. The van der Waals surface area contributed by atoms with Crippen molar-refractivity contribution in [2.75, 3.05) is 38.2 Å². The maximum Gasteiger partial charge on any atom is 0.410 e. The maximum absolute atomic E-state index is 13.0. The van der Waals surface area contributed by atoms with Gasteiger partial charge in [-0.3, -0.25) is 9.88 Å². The number of hydrogen-bond donors (Lipinski definition) is 0. The highest BCUT2D eigenvalue weighted by molar-refractivity contribution is 5.69. The first kappa shape index (κ1) is 22.3. The summed E-state index contributed by atoms with van der Waals surface area (Å²) in [6.07, 6.45) is 4.87. The van der Waals surface area contributed by atoms with E-state index in [1.165, 1.54) is 5.56 Å². The van der Waals surface area contributed by atoms with E-state index in [2.05, 4.69) is 57.9 Å². The smallest absolute Gasteiger partial charge is 0.410 e. The Bertz CT molecular complexity index is 888. The van der Waals surface area contributed by atoms with Gasteiger partial charge in [0.15, 0.2) is 5.82 Å². The lowest BCUT2D eigenvalue weighted by Crippen LogP contribution is -2.59. The third-order valence-corrected chi connectivity index (χ3v) is 6.37. The fourth-order valence-electron chi connectivity index (χ4n) is 4.51. The van der Waals surface area contributed by atoms with Crippen LogP contribution in [0.3, 0.4) is 0 Å². The van der Waals surface area contributed by atoms with E-state index in [4.69, 9.17) is 9.47 Å². The molecule has 2 aliphatic rings. The topological polar surface area (TPSA) is 71.0 Å². The van der Waals surface area contributed by atoms with Crippen molar-refractivity contribution < 1.29 is 14.3 Å². The Morgan fingerprint density at radius 2 is 1.81 bits per heavy atom. The summed E-state index contributed by atoms with van der Waals surface area (Å²) in [6.45, 7) is 8.25. The number of hydrogen-bond acceptors (Lipinski definition) is 7.